The Morgan fingerprint density at radius 2 is 2.17 bits per heavy atom. The van der Waals surface area contributed by atoms with Gasteiger partial charge in [-0.2, -0.15) is 0 Å². The summed E-state index contributed by atoms with van der Waals surface area (Å²) in [6, 6.07) is 5.18. The molecule has 4 nitrogen and oxygen atoms in total. The molecule has 2 aromatic heterocycles. The lowest BCUT2D eigenvalue weighted by atomic mass is 10.3. The Labute approximate surface area is 117 Å². The molecule has 0 aliphatic heterocycles. The van der Waals surface area contributed by atoms with Gasteiger partial charge in [-0.15, -0.1) is 0 Å². The van der Waals surface area contributed by atoms with Crippen molar-refractivity contribution in [1.82, 2.24) is 9.97 Å². The summed E-state index contributed by atoms with van der Waals surface area (Å²) >= 11 is 8.96. The fourth-order valence-electron chi connectivity index (χ4n) is 1.29. The van der Waals surface area contributed by atoms with Crippen LogP contribution in [0.1, 0.15) is 16.1 Å². The van der Waals surface area contributed by atoms with Crippen LogP contribution in [0.5, 0.6) is 5.75 Å². The van der Waals surface area contributed by atoms with Gasteiger partial charge in [0.15, 0.2) is 6.29 Å². The third kappa shape index (κ3) is 3.27. The first-order chi connectivity index (χ1) is 8.69. The Hall–Kier alpha value is -1.46. The Kier molecular flexibility index (Phi) is 4.28. The molecule has 0 amide bonds. The number of rotatable bonds is 4. The molecular formula is C12H8BrClN2O2. The maximum absolute atomic E-state index is 10.8. The van der Waals surface area contributed by atoms with Crippen molar-refractivity contribution < 1.29 is 9.53 Å². The van der Waals surface area contributed by atoms with E-state index in [1.54, 1.807) is 30.6 Å². The molecule has 2 heterocycles. The molecule has 92 valence electrons. The minimum absolute atomic E-state index is 0.264. The minimum Gasteiger partial charge on any atom is -0.486 e. The van der Waals surface area contributed by atoms with Crippen molar-refractivity contribution in [3.8, 4) is 5.75 Å². The standard InChI is InChI=1S/C12H8BrClN2O2/c13-9-3-11(10(6-17)15-5-9)18-7-8-1-2-12(14)16-4-8/h1-6H,7H2. The molecule has 2 rings (SSSR count). The van der Waals surface area contributed by atoms with E-state index >= 15 is 0 Å². The van der Waals surface area contributed by atoms with Gasteiger partial charge in [0.25, 0.3) is 0 Å². The molecule has 0 radical (unpaired) electrons. The molecule has 0 aliphatic rings. The van der Waals surface area contributed by atoms with Crippen LogP contribution < -0.4 is 4.74 Å². The molecule has 0 N–H and O–H groups in total. The smallest absolute Gasteiger partial charge is 0.172 e. The highest BCUT2D eigenvalue weighted by Crippen LogP contribution is 2.21. The summed E-state index contributed by atoms with van der Waals surface area (Å²) in [5, 5.41) is 0.427. The number of halogens is 2. The summed E-state index contributed by atoms with van der Waals surface area (Å²) < 4.78 is 6.28. The first-order valence-electron chi connectivity index (χ1n) is 5.03. The molecule has 0 spiro atoms. The van der Waals surface area contributed by atoms with E-state index in [0.29, 0.717) is 23.8 Å². The predicted molar refractivity (Wildman–Crippen MR) is 70.9 cm³/mol. The van der Waals surface area contributed by atoms with E-state index in [0.717, 1.165) is 10.0 Å². The summed E-state index contributed by atoms with van der Waals surface area (Å²) in [7, 11) is 0. The third-order valence-corrected chi connectivity index (χ3v) is 2.80. The Balaban J connectivity index is 2.12. The van der Waals surface area contributed by atoms with E-state index in [4.69, 9.17) is 16.3 Å². The van der Waals surface area contributed by atoms with Crippen LogP contribution in [0.15, 0.2) is 35.1 Å². The average Bonchev–Trinajstić information content (AvgIpc) is 2.38. The topological polar surface area (TPSA) is 52.1 Å². The fraction of sp³-hybridized carbons (Fsp3) is 0.0833. The zero-order valence-corrected chi connectivity index (χ0v) is 11.5. The maximum Gasteiger partial charge on any atom is 0.172 e. The maximum atomic E-state index is 10.8. The number of carbonyl (C=O) groups is 1. The van der Waals surface area contributed by atoms with E-state index in [1.165, 1.54) is 0 Å². The zero-order chi connectivity index (χ0) is 13.0. The second-order valence-electron chi connectivity index (χ2n) is 3.43. The molecule has 2 aromatic rings. The van der Waals surface area contributed by atoms with Crippen LogP contribution in [0.25, 0.3) is 0 Å². The number of hydrogen-bond acceptors (Lipinski definition) is 4. The Morgan fingerprint density at radius 3 is 2.83 bits per heavy atom. The Morgan fingerprint density at radius 1 is 1.33 bits per heavy atom. The third-order valence-electron chi connectivity index (χ3n) is 2.14. The second kappa shape index (κ2) is 5.93. The highest BCUT2D eigenvalue weighted by atomic mass is 79.9. The molecule has 0 saturated heterocycles. The van der Waals surface area contributed by atoms with Crippen LogP contribution in [0.2, 0.25) is 5.15 Å². The van der Waals surface area contributed by atoms with Gasteiger partial charge in [0.1, 0.15) is 23.2 Å². The lowest BCUT2D eigenvalue weighted by Gasteiger charge is -2.08. The average molecular weight is 328 g/mol. The summed E-state index contributed by atoms with van der Waals surface area (Å²) in [5.41, 5.74) is 1.12. The number of ether oxygens (including phenoxy) is 1. The SMILES string of the molecule is O=Cc1ncc(Br)cc1OCc1ccc(Cl)nc1. The van der Waals surface area contributed by atoms with Crippen LogP contribution in [0.4, 0.5) is 0 Å². The van der Waals surface area contributed by atoms with Gasteiger partial charge in [0.2, 0.25) is 0 Å². The van der Waals surface area contributed by atoms with Gasteiger partial charge in [-0.05, 0) is 28.1 Å². The summed E-state index contributed by atoms with van der Waals surface area (Å²) in [6.07, 6.45) is 3.82. The molecule has 18 heavy (non-hydrogen) atoms. The predicted octanol–water partition coefficient (Wildman–Crippen LogP) is 3.28. The lowest BCUT2D eigenvalue weighted by Crippen LogP contribution is -2.00. The van der Waals surface area contributed by atoms with Crippen LogP contribution in [0.3, 0.4) is 0 Å². The number of carbonyl (C=O) groups excluding carboxylic acids is 1. The number of nitrogens with zero attached hydrogens (tertiary/aromatic N) is 2. The van der Waals surface area contributed by atoms with Crippen LogP contribution in [-0.2, 0) is 6.61 Å². The van der Waals surface area contributed by atoms with E-state index in [9.17, 15) is 4.79 Å². The van der Waals surface area contributed by atoms with Gasteiger partial charge in [0.05, 0.1) is 0 Å². The van der Waals surface area contributed by atoms with E-state index < -0.39 is 0 Å². The van der Waals surface area contributed by atoms with Gasteiger partial charge in [-0.3, -0.25) is 4.79 Å². The van der Waals surface area contributed by atoms with Gasteiger partial charge in [0, 0.05) is 22.4 Å². The lowest BCUT2D eigenvalue weighted by molar-refractivity contribution is 0.111. The normalized spacial score (nSPS) is 10.1. The van der Waals surface area contributed by atoms with Crippen LogP contribution in [0, 0.1) is 0 Å². The van der Waals surface area contributed by atoms with Crippen molar-refractivity contribution in [3.63, 3.8) is 0 Å². The van der Waals surface area contributed by atoms with E-state index in [-0.39, 0.29) is 5.69 Å². The highest BCUT2D eigenvalue weighted by Gasteiger charge is 2.06. The first kappa shape index (κ1) is 13.0. The van der Waals surface area contributed by atoms with Gasteiger partial charge >= 0.3 is 0 Å². The van der Waals surface area contributed by atoms with Crippen molar-refractivity contribution in [2.24, 2.45) is 0 Å². The van der Waals surface area contributed by atoms with Crippen LogP contribution in [-0.4, -0.2) is 16.3 Å². The zero-order valence-electron chi connectivity index (χ0n) is 9.14. The molecule has 0 atom stereocenters. The van der Waals surface area contributed by atoms with Gasteiger partial charge in [-0.25, -0.2) is 9.97 Å². The minimum atomic E-state index is 0.264. The van der Waals surface area contributed by atoms with E-state index in [2.05, 4.69) is 25.9 Å². The molecular weight excluding hydrogens is 320 g/mol. The number of aromatic nitrogens is 2. The first-order valence-corrected chi connectivity index (χ1v) is 6.20. The number of aldehydes is 1. The molecule has 0 bridgehead atoms. The van der Waals surface area contributed by atoms with Gasteiger partial charge in [-0.1, -0.05) is 17.7 Å². The quantitative estimate of drug-likeness (QED) is 0.639. The van der Waals surface area contributed by atoms with Gasteiger partial charge < -0.3 is 4.74 Å². The highest BCUT2D eigenvalue weighted by molar-refractivity contribution is 9.10. The number of pyridine rings is 2. The van der Waals surface area contributed by atoms with Crippen molar-refractivity contribution in [2.45, 2.75) is 6.61 Å². The fourth-order valence-corrected chi connectivity index (χ4v) is 1.71. The molecule has 0 fully saturated rings. The van der Waals surface area contributed by atoms with Crippen molar-refractivity contribution in [2.75, 3.05) is 0 Å². The molecule has 6 heteroatoms. The van der Waals surface area contributed by atoms with Crippen molar-refractivity contribution >= 4 is 33.8 Å². The summed E-state index contributed by atoms with van der Waals surface area (Å²) in [5.74, 6) is 0.425. The number of hydrogen-bond donors (Lipinski definition) is 0. The van der Waals surface area contributed by atoms with Crippen molar-refractivity contribution in [3.05, 3.63) is 51.5 Å². The monoisotopic (exact) mass is 326 g/mol. The molecule has 0 aliphatic carbocycles. The summed E-state index contributed by atoms with van der Waals surface area (Å²) in [4.78, 5) is 18.7. The summed E-state index contributed by atoms with van der Waals surface area (Å²) in [6.45, 7) is 0.295. The molecule has 0 unspecified atom stereocenters. The van der Waals surface area contributed by atoms with Crippen molar-refractivity contribution in [1.29, 1.82) is 0 Å². The molecule has 0 saturated carbocycles. The molecule has 0 aromatic carbocycles. The second-order valence-corrected chi connectivity index (χ2v) is 4.74. The van der Waals surface area contributed by atoms with Crippen LogP contribution >= 0.6 is 27.5 Å². The Bertz CT molecular complexity index is 561. The van der Waals surface area contributed by atoms with E-state index in [1.807, 2.05) is 0 Å². The largest absolute Gasteiger partial charge is 0.486 e.